The van der Waals surface area contributed by atoms with Crippen molar-refractivity contribution in [3.8, 4) is 11.5 Å². The molecule has 0 atom stereocenters. The number of nitrogens with one attached hydrogen (secondary N) is 2. The third-order valence-corrected chi connectivity index (χ3v) is 7.27. The minimum atomic E-state index is 0.167. The molecule has 4 aromatic rings. The molecular weight excluding hydrogens is 548 g/mol. The molecule has 0 spiro atoms. The Morgan fingerprint density at radius 2 is 0.795 bits per heavy atom. The number of aliphatic hydroxyl groups excluding tert-OH is 2. The number of benzene rings is 4. The SMILES string of the molecule is OCCNCCCCOc1ccc(/C(=C(\c2ccccc2)c2ccc(OCCCCNCCO)cc2)c2ccccc2)cc1. The van der Waals surface area contributed by atoms with Crippen molar-refractivity contribution in [2.24, 2.45) is 0 Å². The molecule has 0 radical (unpaired) electrons. The average Bonchev–Trinajstić information content (AvgIpc) is 3.08. The van der Waals surface area contributed by atoms with E-state index in [1.54, 1.807) is 0 Å². The van der Waals surface area contributed by atoms with Crippen LogP contribution in [0.5, 0.6) is 11.5 Å². The van der Waals surface area contributed by atoms with E-state index in [4.69, 9.17) is 19.7 Å². The lowest BCUT2D eigenvalue weighted by molar-refractivity contribution is 0.286. The molecule has 4 N–H and O–H groups in total. The van der Waals surface area contributed by atoms with Crippen LogP contribution in [0.3, 0.4) is 0 Å². The zero-order chi connectivity index (χ0) is 30.7. The largest absolute Gasteiger partial charge is 0.494 e. The van der Waals surface area contributed by atoms with Crippen LogP contribution in [-0.2, 0) is 0 Å². The third kappa shape index (κ3) is 10.6. The van der Waals surface area contributed by atoms with Crippen LogP contribution in [-0.4, -0.2) is 62.8 Å². The Morgan fingerprint density at radius 1 is 0.432 bits per heavy atom. The minimum absolute atomic E-state index is 0.167. The predicted molar refractivity (Wildman–Crippen MR) is 180 cm³/mol. The van der Waals surface area contributed by atoms with E-state index in [9.17, 15) is 0 Å². The van der Waals surface area contributed by atoms with Gasteiger partial charge in [-0.05, 0) is 96.4 Å². The lowest BCUT2D eigenvalue weighted by atomic mass is 9.86. The minimum Gasteiger partial charge on any atom is -0.494 e. The van der Waals surface area contributed by atoms with Gasteiger partial charge in [-0.15, -0.1) is 0 Å². The van der Waals surface area contributed by atoms with Gasteiger partial charge in [0.15, 0.2) is 0 Å². The number of rotatable bonds is 20. The Kier molecular flexibility index (Phi) is 14.5. The summed E-state index contributed by atoms with van der Waals surface area (Å²) in [5.74, 6) is 1.72. The van der Waals surface area contributed by atoms with Crippen molar-refractivity contribution in [2.45, 2.75) is 25.7 Å². The van der Waals surface area contributed by atoms with Crippen molar-refractivity contribution < 1.29 is 19.7 Å². The molecule has 0 fully saturated rings. The number of hydrogen-bond acceptors (Lipinski definition) is 6. The molecule has 232 valence electrons. The zero-order valence-corrected chi connectivity index (χ0v) is 25.6. The van der Waals surface area contributed by atoms with Crippen molar-refractivity contribution >= 4 is 11.1 Å². The van der Waals surface area contributed by atoms with Crippen LogP contribution >= 0.6 is 0 Å². The normalized spacial score (nSPS) is 11.7. The summed E-state index contributed by atoms with van der Waals surface area (Å²) in [6.07, 6.45) is 3.92. The summed E-state index contributed by atoms with van der Waals surface area (Å²) in [5, 5.41) is 24.2. The van der Waals surface area contributed by atoms with Crippen LogP contribution in [0.1, 0.15) is 47.9 Å². The van der Waals surface area contributed by atoms with E-state index < -0.39 is 0 Å². The summed E-state index contributed by atoms with van der Waals surface area (Å²) in [6.45, 7) is 4.68. The molecule has 0 aliphatic carbocycles. The summed E-state index contributed by atoms with van der Waals surface area (Å²) in [5.41, 5.74) is 6.83. The van der Waals surface area contributed by atoms with Gasteiger partial charge in [0, 0.05) is 13.1 Å². The van der Waals surface area contributed by atoms with E-state index in [1.807, 2.05) is 0 Å². The lowest BCUT2D eigenvalue weighted by Gasteiger charge is -2.19. The molecule has 0 aliphatic heterocycles. The molecule has 6 heteroatoms. The average molecular weight is 595 g/mol. The summed E-state index contributed by atoms with van der Waals surface area (Å²) in [7, 11) is 0. The van der Waals surface area contributed by atoms with E-state index in [0.717, 1.165) is 83.7 Å². The maximum absolute atomic E-state index is 8.89. The number of ether oxygens (including phenoxy) is 2. The van der Waals surface area contributed by atoms with Gasteiger partial charge in [0.05, 0.1) is 26.4 Å². The second-order valence-electron chi connectivity index (χ2n) is 10.6. The Bertz CT molecular complexity index is 1250. The molecule has 0 saturated carbocycles. The molecule has 44 heavy (non-hydrogen) atoms. The molecule has 4 aromatic carbocycles. The highest BCUT2D eigenvalue weighted by molar-refractivity contribution is 6.04. The van der Waals surface area contributed by atoms with Crippen molar-refractivity contribution in [2.75, 3.05) is 52.6 Å². The first-order valence-electron chi connectivity index (χ1n) is 15.7. The molecule has 0 unspecified atom stereocenters. The van der Waals surface area contributed by atoms with Crippen molar-refractivity contribution in [1.82, 2.24) is 10.6 Å². The number of unbranched alkanes of at least 4 members (excludes halogenated alkanes) is 2. The van der Waals surface area contributed by atoms with Crippen molar-refractivity contribution in [3.63, 3.8) is 0 Å². The summed E-state index contributed by atoms with van der Waals surface area (Å²) in [4.78, 5) is 0. The summed E-state index contributed by atoms with van der Waals surface area (Å²) in [6, 6.07) is 37.9. The highest BCUT2D eigenvalue weighted by atomic mass is 16.5. The van der Waals surface area contributed by atoms with Crippen molar-refractivity contribution in [1.29, 1.82) is 0 Å². The molecule has 4 rings (SSSR count). The fourth-order valence-electron chi connectivity index (χ4n) is 5.05. The maximum Gasteiger partial charge on any atom is 0.119 e. The van der Waals surface area contributed by atoms with Crippen LogP contribution in [0.25, 0.3) is 11.1 Å². The van der Waals surface area contributed by atoms with Crippen molar-refractivity contribution in [3.05, 3.63) is 131 Å². The molecule has 0 aromatic heterocycles. The van der Waals surface area contributed by atoms with Gasteiger partial charge >= 0.3 is 0 Å². The van der Waals surface area contributed by atoms with Gasteiger partial charge in [-0.2, -0.15) is 0 Å². The van der Waals surface area contributed by atoms with Gasteiger partial charge in [-0.3, -0.25) is 0 Å². The highest BCUT2D eigenvalue weighted by Crippen LogP contribution is 2.37. The van der Waals surface area contributed by atoms with Crippen LogP contribution in [0.2, 0.25) is 0 Å². The standard InChI is InChI=1S/C38H46N2O4/c41-27-25-39-23-7-9-29-43-35-19-15-33(16-20-35)37(31-11-3-1-4-12-31)38(32-13-5-2-6-14-32)34-17-21-36(22-18-34)44-30-10-8-24-40-26-28-42/h1-6,11-22,39-42H,7-10,23-30H2/b38-37+. The first-order valence-corrected chi connectivity index (χ1v) is 15.7. The second kappa shape index (κ2) is 19.4. The van der Waals surface area contributed by atoms with Crippen LogP contribution in [0.4, 0.5) is 0 Å². The topological polar surface area (TPSA) is 83.0 Å². The smallest absolute Gasteiger partial charge is 0.119 e. The summed E-state index contributed by atoms with van der Waals surface area (Å²) < 4.78 is 12.1. The Morgan fingerprint density at radius 3 is 1.16 bits per heavy atom. The Labute approximate surface area is 262 Å². The number of aliphatic hydroxyl groups is 2. The Hall–Kier alpha value is -3.94. The van der Waals surface area contributed by atoms with Gasteiger partial charge in [0.25, 0.3) is 0 Å². The van der Waals surface area contributed by atoms with E-state index in [-0.39, 0.29) is 13.2 Å². The maximum atomic E-state index is 8.89. The van der Waals surface area contributed by atoms with Crippen LogP contribution in [0, 0.1) is 0 Å². The van der Waals surface area contributed by atoms with Gasteiger partial charge in [0.2, 0.25) is 0 Å². The second-order valence-corrected chi connectivity index (χ2v) is 10.6. The molecule has 0 heterocycles. The van der Waals surface area contributed by atoms with E-state index >= 15 is 0 Å². The van der Waals surface area contributed by atoms with E-state index in [0.29, 0.717) is 26.3 Å². The van der Waals surface area contributed by atoms with E-state index in [1.165, 1.54) is 0 Å². The van der Waals surface area contributed by atoms with Crippen LogP contribution < -0.4 is 20.1 Å². The highest BCUT2D eigenvalue weighted by Gasteiger charge is 2.16. The quantitative estimate of drug-likeness (QED) is 0.0723. The first kappa shape index (κ1) is 33.0. The van der Waals surface area contributed by atoms with Gasteiger partial charge in [-0.25, -0.2) is 0 Å². The molecule has 0 bridgehead atoms. The van der Waals surface area contributed by atoms with Crippen LogP contribution in [0.15, 0.2) is 109 Å². The fourth-order valence-corrected chi connectivity index (χ4v) is 5.05. The van der Waals surface area contributed by atoms with Gasteiger partial charge in [0.1, 0.15) is 11.5 Å². The zero-order valence-electron chi connectivity index (χ0n) is 25.6. The van der Waals surface area contributed by atoms with Gasteiger partial charge in [-0.1, -0.05) is 84.9 Å². The molecule has 6 nitrogen and oxygen atoms in total. The first-order chi connectivity index (χ1) is 21.8. The van der Waals surface area contributed by atoms with Gasteiger partial charge < -0.3 is 30.3 Å². The Balaban J connectivity index is 1.56. The molecule has 0 amide bonds. The monoisotopic (exact) mass is 594 g/mol. The van der Waals surface area contributed by atoms with E-state index in [2.05, 4.69) is 120 Å². The molecular formula is C38H46N2O4. The third-order valence-electron chi connectivity index (χ3n) is 7.27. The summed E-state index contributed by atoms with van der Waals surface area (Å²) >= 11 is 0. The molecule has 0 aliphatic rings. The molecule has 0 saturated heterocycles. The number of hydrogen-bond donors (Lipinski definition) is 4. The fraction of sp³-hybridized carbons (Fsp3) is 0.316. The lowest BCUT2D eigenvalue weighted by Crippen LogP contribution is -2.19. The predicted octanol–water partition coefficient (Wildman–Crippen LogP) is 6.18.